The predicted molar refractivity (Wildman–Crippen MR) is 51.0 cm³/mol. The molecule has 1 nitrogen and oxygen atoms in total. The molecule has 1 aliphatic carbocycles. The van der Waals surface area contributed by atoms with Crippen LogP contribution in [0.3, 0.4) is 0 Å². The highest BCUT2D eigenvalue weighted by molar-refractivity contribution is 6.00. The minimum absolute atomic E-state index is 0.308. The van der Waals surface area contributed by atoms with E-state index in [-0.39, 0.29) is 0 Å². The molecule has 1 rings (SSSR count). The van der Waals surface area contributed by atoms with Crippen molar-refractivity contribution in [3.8, 4) is 0 Å². The van der Waals surface area contributed by atoms with Gasteiger partial charge >= 0.3 is 0 Å². The molecule has 1 heteroatoms. The molecule has 0 amide bonds. The maximum atomic E-state index is 11.1. The highest BCUT2D eigenvalue weighted by Crippen LogP contribution is 2.15. The van der Waals surface area contributed by atoms with E-state index in [0.717, 1.165) is 18.4 Å². The van der Waals surface area contributed by atoms with Crippen LogP contribution < -0.4 is 0 Å². The van der Waals surface area contributed by atoms with Crippen LogP contribution in [-0.4, -0.2) is 5.78 Å². The molecule has 0 aromatic rings. The molecule has 0 unspecified atom stereocenters. The molecule has 0 saturated heterocycles. The van der Waals surface area contributed by atoms with Crippen LogP contribution in [0.15, 0.2) is 23.8 Å². The highest BCUT2D eigenvalue weighted by Gasteiger charge is 2.10. The van der Waals surface area contributed by atoms with Gasteiger partial charge in [0.15, 0.2) is 5.78 Å². The number of ketones is 1. The van der Waals surface area contributed by atoms with E-state index in [1.165, 1.54) is 12.8 Å². The molecule has 0 aromatic heterocycles. The number of carbonyl (C=O) groups is 1. The van der Waals surface area contributed by atoms with Crippen molar-refractivity contribution < 1.29 is 4.79 Å². The number of hydrogen-bond donors (Lipinski definition) is 0. The lowest BCUT2D eigenvalue weighted by Crippen LogP contribution is -1.91. The number of allylic oxidation sites excluding steroid dienone is 4. The SMILES string of the molecule is CCCC/C=C\C1=CCCC1=O. The van der Waals surface area contributed by atoms with Gasteiger partial charge in [0.05, 0.1) is 0 Å². The molecule has 66 valence electrons. The quantitative estimate of drug-likeness (QED) is 0.584. The van der Waals surface area contributed by atoms with E-state index in [4.69, 9.17) is 0 Å². The van der Waals surface area contributed by atoms with Crippen LogP contribution in [0.5, 0.6) is 0 Å². The predicted octanol–water partition coefficient (Wildman–Crippen LogP) is 3.02. The van der Waals surface area contributed by atoms with Crippen molar-refractivity contribution in [3.63, 3.8) is 0 Å². The molecular formula is C11H16O. The summed E-state index contributed by atoms with van der Waals surface area (Å²) in [5.74, 6) is 0.308. The standard InChI is InChI=1S/C11H16O/c1-2-3-4-5-7-10-8-6-9-11(10)12/h5,7-8H,2-4,6,9H2,1H3/b7-5-. The number of carbonyl (C=O) groups excluding carboxylic acids is 1. The first-order chi connectivity index (χ1) is 5.84. The summed E-state index contributed by atoms with van der Waals surface area (Å²) in [6, 6.07) is 0. The highest BCUT2D eigenvalue weighted by atomic mass is 16.1. The number of unbranched alkanes of at least 4 members (excludes halogenated alkanes) is 2. The van der Waals surface area contributed by atoms with Crippen LogP contribution in [-0.2, 0) is 4.79 Å². The van der Waals surface area contributed by atoms with E-state index >= 15 is 0 Å². The van der Waals surface area contributed by atoms with Gasteiger partial charge in [0.2, 0.25) is 0 Å². The van der Waals surface area contributed by atoms with Crippen LogP contribution in [0.4, 0.5) is 0 Å². The van der Waals surface area contributed by atoms with E-state index in [0.29, 0.717) is 12.2 Å². The van der Waals surface area contributed by atoms with Gasteiger partial charge in [-0.15, -0.1) is 0 Å². The number of hydrogen-bond acceptors (Lipinski definition) is 1. The van der Waals surface area contributed by atoms with Crippen molar-refractivity contribution >= 4 is 5.78 Å². The summed E-state index contributed by atoms with van der Waals surface area (Å²) in [4.78, 5) is 11.1. The van der Waals surface area contributed by atoms with Crippen molar-refractivity contribution in [2.24, 2.45) is 0 Å². The second-order valence-electron chi connectivity index (χ2n) is 3.17. The summed E-state index contributed by atoms with van der Waals surface area (Å²) in [7, 11) is 0. The van der Waals surface area contributed by atoms with E-state index in [1.807, 2.05) is 12.2 Å². The van der Waals surface area contributed by atoms with Gasteiger partial charge in [-0.3, -0.25) is 4.79 Å². The van der Waals surface area contributed by atoms with E-state index in [1.54, 1.807) is 0 Å². The second kappa shape index (κ2) is 4.91. The third-order valence-corrected chi connectivity index (χ3v) is 2.08. The molecule has 0 atom stereocenters. The Bertz CT molecular complexity index is 211. The maximum absolute atomic E-state index is 11.1. The molecule has 0 spiro atoms. The Labute approximate surface area is 74.2 Å². The molecule has 0 fully saturated rings. The first kappa shape index (κ1) is 9.24. The Balaban J connectivity index is 2.30. The van der Waals surface area contributed by atoms with Gasteiger partial charge in [0, 0.05) is 12.0 Å². The van der Waals surface area contributed by atoms with Gasteiger partial charge in [0.1, 0.15) is 0 Å². The van der Waals surface area contributed by atoms with Crippen molar-refractivity contribution in [2.45, 2.75) is 39.0 Å². The first-order valence-electron chi connectivity index (χ1n) is 4.74. The Morgan fingerprint density at radius 3 is 3.00 bits per heavy atom. The largest absolute Gasteiger partial charge is 0.294 e. The Hall–Kier alpha value is -0.850. The molecule has 0 heterocycles. The lowest BCUT2D eigenvalue weighted by molar-refractivity contribution is -0.114. The fraction of sp³-hybridized carbons (Fsp3) is 0.545. The van der Waals surface area contributed by atoms with Crippen molar-refractivity contribution in [1.29, 1.82) is 0 Å². The molecule has 0 N–H and O–H groups in total. The molecule has 0 saturated carbocycles. The third-order valence-electron chi connectivity index (χ3n) is 2.08. The molecule has 0 aromatic carbocycles. The summed E-state index contributed by atoms with van der Waals surface area (Å²) in [6.07, 6.45) is 11.3. The molecule has 0 aliphatic heterocycles. The van der Waals surface area contributed by atoms with Gasteiger partial charge in [-0.2, -0.15) is 0 Å². The summed E-state index contributed by atoms with van der Waals surface area (Å²) < 4.78 is 0. The summed E-state index contributed by atoms with van der Waals surface area (Å²) in [6.45, 7) is 2.17. The van der Waals surface area contributed by atoms with Crippen LogP contribution in [0.2, 0.25) is 0 Å². The molecule has 0 radical (unpaired) electrons. The Kier molecular flexibility index (Phi) is 3.78. The van der Waals surface area contributed by atoms with Crippen molar-refractivity contribution in [2.75, 3.05) is 0 Å². The van der Waals surface area contributed by atoms with Gasteiger partial charge in [0.25, 0.3) is 0 Å². The summed E-state index contributed by atoms with van der Waals surface area (Å²) in [5.41, 5.74) is 0.922. The second-order valence-corrected chi connectivity index (χ2v) is 3.17. The van der Waals surface area contributed by atoms with Crippen LogP contribution >= 0.6 is 0 Å². The molecule has 1 aliphatic rings. The summed E-state index contributed by atoms with van der Waals surface area (Å²) in [5, 5.41) is 0. The summed E-state index contributed by atoms with van der Waals surface area (Å²) >= 11 is 0. The smallest absolute Gasteiger partial charge is 0.162 e. The zero-order chi connectivity index (χ0) is 8.81. The molecule has 0 bridgehead atoms. The van der Waals surface area contributed by atoms with Crippen molar-refractivity contribution in [1.82, 2.24) is 0 Å². The van der Waals surface area contributed by atoms with E-state index in [9.17, 15) is 4.79 Å². The van der Waals surface area contributed by atoms with E-state index < -0.39 is 0 Å². The third kappa shape index (κ3) is 2.65. The maximum Gasteiger partial charge on any atom is 0.162 e. The van der Waals surface area contributed by atoms with Crippen LogP contribution in [0.25, 0.3) is 0 Å². The lowest BCUT2D eigenvalue weighted by atomic mass is 10.1. The lowest BCUT2D eigenvalue weighted by Gasteiger charge is -1.90. The molecular weight excluding hydrogens is 148 g/mol. The average Bonchev–Trinajstić information content (AvgIpc) is 2.46. The Morgan fingerprint density at radius 2 is 2.42 bits per heavy atom. The first-order valence-corrected chi connectivity index (χ1v) is 4.74. The zero-order valence-corrected chi connectivity index (χ0v) is 7.68. The molecule has 12 heavy (non-hydrogen) atoms. The van der Waals surface area contributed by atoms with Gasteiger partial charge < -0.3 is 0 Å². The fourth-order valence-corrected chi connectivity index (χ4v) is 1.31. The van der Waals surface area contributed by atoms with Gasteiger partial charge in [-0.05, 0) is 12.8 Å². The fourth-order valence-electron chi connectivity index (χ4n) is 1.31. The number of Topliss-reactive ketones (excluding diaryl/α,β-unsaturated/α-hetero) is 1. The zero-order valence-electron chi connectivity index (χ0n) is 7.68. The minimum atomic E-state index is 0.308. The van der Waals surface area contributed by atoms with Gasteiger partial charge in [-0.1, -0.05) is 38.0 Å². The normalized spacial score (nSPS) is 17.4. The monoisotopic (exact) mass is 164 g/mol. The average molecular weight is 164 g/mol. The van der Waals surface area contributed by atoms with E-state index in [2.05, 4.69) is 13.0 Å². The van der Waals surface area contributed by atoms with Crippen molar-refractivity contribution in [3.05, 3.63) is 23.8 Å². The number of rotatable bonds is 4. The van der Waals surface area contributed by atoms with Crippen LogP contribution in [0, 0.1) is 0 Å². The minimum Gasteiger partial charge on any atom is -0.294 e. The van der Waals surface area contributed by atoms with Gasteiger partial charge in [-0.25, -0.2) is 0 Å². The topological polar surface area (TPSA) is 17.1 Å². The van der Waals surface area contributed by atoms with Crippen LogP contribution in [0.1, 0.15) is 39.0 Å². The Morgan fingerprint density at radius 1 is 1.58 bits per heavy atom.